The van der Waals surface area contributed by atoms with Gasteiger partial charge in [0.2, 0.25) is 5.78 Å². The van der Waals surface area contributed by atoms with Gasteiger partial charge in [-0.2, -0.15) is 0 Å². The van der Waals surface area contributed by atoms with Crippen LogP contribution in [0.5, 0.6) is 5.75 Å². The number of hydrogen-bond acceptors (Lipinski definition) is 4. The van der Waals surface area contributed by atoms with Crippen LogP contribution in [-0.2, 0) is 9.84 Å². The highest BCUT2D eigenvalue weighted by Gasteiger charge is 2.25. The molecule has 0 spiro atoms. The molecule has 3 aromatic rings. The van der Waals surface area contributed by atoms with Gasteiger partial charge in [0.25, 0.3) is 0 Å². The van der Waals surface area contributed by atoms with E-state index in [0.29, 0.717) is 11.3 Å². The van der Waals surface area contributed by atoms with Gasteiger partial charge < -0.3 is 4.74 Å². The van der Waals surface area contributed by atoms with Gasteiger partial charge in [0.15, 0.2) is 15.9 Å². The van der Waals surface area contributed by atoms with Crippen LogP contribution in [0.25, 0.3) is 0 Å². The van der Waals surface area contributed by atoms with E-state index in [1.54, 1.807) is 78.9 Å². The van der Waals surface area contributed by atoms with Crippen molar-refractivity contribution in [1.29, 1.82) is 0 Å². The maximum absolute atomic E-state index is 12.9. The minimum absolute atomic E-state index is 0.0693. The van der Waals surface area contributed by atoms with Crippen LogP contribution in [0, 0.1) is 0 Å². The molecule has 3 aromatic carbocycles. The van der Waals surface area contributed by atoms with Gasteiger partial charge in [-0.1, -0.05) is 66.7 Å². The first-order valence-electron chi connectivity index (χ1n) is 8.65. The van der Waals surface area contributed by atoms with Crippen LogP contribution in [0.4, 0.5) is 0 Å². The topological polar surface area (TPSA) is 60.4 Å². The summed E-state index contributed by atoms with van der Waals surface area (Å²) in [6, 6.07) is 26.0. The molecule has 3 rings (SSSR count). The number of sulfone groups is 1. The Bertz CT molecular complexity index is 969. The molecule has 0 aliphatic carbocycles. The highest BCUT2D eigenvalue weighted by molar-refractivity contribution is 7.91. The van der Waals surface area contributed by atoms with E-state index in [2.05, 4.69) is 0 Å². The fraction of sp³-hybridized carbons (Fsp3) is 0.136. The molecule has 0 heterocycles. The Hall–Kier alpha value is -2.92. The number of carbonyl (C=O) groups excluding carboxylic acids is 1. The van der Waals surface area contributed by atoms with E-state index >= 15 is 0 Å². The summed E-state index contributed by atoms with van der Waals surface area (Å²) in [4.78, 5) is 13.1. The molecule has 0 aliphatic heterocycles. The van der Waals surface area contributed by atoms with Crippen LogP contribution in [0.15, 0.2) is 95.9 Å². The number of carbonyl (C=O) groups is 1. The first-order valence-corrected chi connectivity index (χ1v) is 10.3. The Morgan fingerprint density at radius 3 is 1.89 bits per heavy atom. The molecule has 4 nitrogen and oxygen atoms in total. The minimum Gasteiger partial charge on any atom is -0.482 e. The second-order valence-corrected chi connectivity index (χ2v) is 8.18. The summed E-state index contributed by atoms with van der Waals surface area (Å²) in [5, 5.41) is 0. The SMILES string of the molecule is O=C(c1ccccc1)[C@@H](CCS(=O)(=O)c1ccccc1)Oc1ccccc1. The predicted molar refractivity (Wildman–Crippen MR) is 105 cm³/mol. The Morgan fingerprint density at radius 1 is 0.778 bits per heavy atom. The summed E-state index contributed by atoms with van der Waals surface area (Å²) < 4.78 is 31.0. The normalized spacial score (nSPS) is 12.3. The molecule has 0 N–H and O–H groups in total. The first-order chi connectivity index (χ1) is 13.1. The van der Waals surface area contributed by atoms with E-state index in [0.717, 1.165) is 0 Å². The summed E-state index contributed by atoms with van der Waals surface area (Å²) >= 11 is 0. The molecule has 0 unspecified atom stereocenters. The number of ether oxygens (including phenoxy) is 1. The third kappa shape index (κ3) is 5.05. The lowest BCUT2D eigenvalue weighted by molar-refractivity contribution is 0.0788. The van der Waals surface area contributed by atoms with Crippen molar-refractivity contribution in [1.82, 2.24) is 0 Å². The van der Waals surface area contributed by atoms with E-state index in [4.69, 9.17) is 4.74 Å². The van der Waals surface area contributed by atoms with Crippen molar-refractivity contribution < 1.29 is 17.9 Å². The van der Waals surface area contributed by atoms with Crippen molar-refractivity contribution >= 4 is 15.6 Å². The number of ketones is 1. The third-order valence-electron chi connectivity index (χ3n) is 4.12. The average molecular weight is 380 g/mol. The summed E-state index contributed by atoms with van der Waals surface area (Å²) in [5.41, 5.74) is 0.496. The Morgan fingerprint density at radius 2 is 1.30 bits per heavy atom. The molecular formula is C22H20O4S. The van der Waals surface area contributed by atoms with Gasteiger partial charge in [0.1, 0.15) is 5.75 Å². The molecule has 0 radical (unpaired) electrons. The molecule has 0 aromatic heterocycles. The molecule has 0 saturated heterocycles. The third-order valence-corrected chi connectivity index (χ3v) is 5.89. The highest BCUT2D eigenvalue weighted by Crippen LogP contribution is 2.19. The molecule has 0 amide bonds. The van der Waals surface area contributed by atoms with Gasteiger partial charge in [0, 0.05) is 12.0 Å². The number of para-hydroxylation sites is 1. The first kappa shape index (κ1) is 18.9. The quantitative estimate of drug-likeness (QED) is 0.550. The molecule has 0 fully saturated rings. The zero-order valence-corrected chi connectivity index (χ0v) is 15.5. The molecule has 27 heavy (non-hydrogen) atoms. The van der Waals surface area contributed by atoms with Crippen molar-refractivity contribution in [3.05, 3.63) is 96.6 Å². The van der Waals surface area contributed by atoms with Crippen LogP contribution < -0.4 is 4.74 Å². The molecule has 5 heteroatoms. The van der Waals surface area contributed by atoms with Gasteiger partial charge in [0.05, 0.1) is 10.6 Å². The maximum atomic E-state index is 12.9. The number of hydrogen-bond donors (Lipinski definition) is 0. The van der Waals surface area contributed by atoms with Crippen LogP contribution in [0.2, 0.25) is 0 Å². The molecule has 0 saturated carbocycles. The van der Waals surface area contributed by atoms with Gasteiger partial charge in [-0.3, -0.25) is 4.79 Å². The second-order valence-electron chi connectivity index (χ2n) is 6.07. The smallest absolute Gasteiger partial charge is 0.203 e. The zero-order chi connectivity index (χ0) is 19.1. The number of Topliss-reactive ketones (excluding diaryl/α,β-unsaturated/α-hetero) is 1. The van der Waals surface area contributed by atoms with Crippen molar-refractivity contribution in [2.45, 2.75) is 17.4 Å². The van der Waals surface area contributed by atoms with E-state index in [-0.39, 0.29) is 22.9 Å². The van der Waals surface area contributed by atoms with Crippen molar-refractivity contribution in [2.24, 2.45) is 0 Å². The van der Waals surface area contributed by atoms with Crippen molar-refractivity contribution in [3.63, 3.8) is 0 Å². The monoisotopic (exact) mass is 380 g/mol. The Labute approximate surface area is 159 Å². The lowest BCUT2D eigenvalue weighted by Crippen LogP contribution is -2.30. The van der Waals surface area contributed by atoms with Gasteiger partial charge in [-0.15, -0.1) is 0 Å². The lowest BCUT2D eigenvalue weighted by atomic mass is 10.0. The minimum atomic E-state index is -3.50. The Balaban J connectivity index is 1.80. The lowest BCUT2D eigenvalue weighted by Gasteiger charge is -2.18. The molecule has 138 valence electrons. The summed E-state index contributed by atoms with van der Waals surface area (Å²) in [6.45, 7) is 0. The molecular weight excluding hydrogens is 360 g/mol. The summed E-state index contributed by atoms with van der Waals surface area (Å²) in [5.74, 6) is 0.124. The fourth-order valence-corrected chi connectivity index (χ4v) is 4.03. The highest BCUT2D eigenvalue weighted by atomic mass is 32.2. The predicted octanol–water partition coefficient (Wildman–Crippen LogP) is 4.18. The van der Waals surface area contributed by atoms with Crippen LogP contribution in [0.1, 0.15) is 16.8 Å². The van der Waals surface area contributed by atoms with Gasteiger partial charge in [-0.25, -0.2) is 8.42 Å². The van der Waals surface area contributed by atoms with Crippen LogP contribution >= 0.6 is 0 Å². The van der Waals surface area contributed by atoms with Gasteiger partial charge in [-0.05, 0) is 24.3 Å². The van der Waals surface area contributed by atoms with Crippen LogP contribution in [-0.4, -0.2) is 26.1 Å². The van der Waals surface area contributed by atoms with E-state index in [9.17, 15) is 13.2 Å². The van der Waals surface area contributed by atoms with E-state index in [1.165, 1.54) is 0 Å². The molecule has 1 atom stereocenters. The number of rotatable bonds is 8. The summed E-state index contributed by atoms with van der Waals surface area (Å²) in [7, 11) is -3.50. The maximum Gasteiger partial charge on any atom is 0.203 e. The van der Waals surface area contributed by atoms with E-state index < -0.39 is 15.9 Å². The van der Waals surface area contributed by atoms with Crippen molar-refractivity contribution in [2.75, 3.05) is 5.75 Å². The second kappa shape index (κ2) is 8.64. The standard InChI is InChI=1S/C22H20O4S/c23-22(18-10-4-1-5-11-18)21(26-19-12-6-2-7-13-19)16-17-27(24,25)20-14-8-3-9-15-20/h1-15,21H,16-17H2/t21-/m1/s1. The Kier molecular flexibility index (Phi) is 6.04. The van der Waals surface area contributed by atoms with Crippen LogP contribution in [0.3, 0.4) is 0 Å². The van der Waals surface area contributed by atoms with E-state index in [1.807, 2.05) is 12.1 Å². The average Bonchev–Trinajstić information content (AvgIpc) is 2.72. The molecule has 0 aliphatic rings. The van der Waals surface area contributed by atoms with Crippen molar-refractivity contribution in [3.8, 4) is 5.75 Å². The van der Waals surface area contributed by atoms with Gasteiger partial charge >= 0.3 is 0 Å². The number of benzene rings is 3. The molecule has 0 bridgehead atoms. The zero-order valence-electron chi connectivity index (χ0n) is 14.7. The fourth-order valence-electron chi connectivity index (χ4n) is 2.70. The summed E-state index contributed by atoms with van der Waals surface area (Å²) in [6.07, 6.45) is -0.812. The largest absolute Gasteiger partial charge is 0.482 e.